The molecular weight excluding hydrogens is 574 g/mol. The van der Waals surface area contributed by atoms with Crippen molar-refractivity contribution in [1.29, 1.82) is 0 Å². The first-order valence-electron chi connectivity index (χ1n) is 15.8. The Labute approximate surface area is 262 Å². The van der Waals surface area contributed by atoms with Crippen LogP contribution in [0.15, 0.2) is 69.9 Å². The van der Waals surface area contributed by atoms with Gasteiger partial charge in [0.05, 0.1) is 17.5 Å². The summed E-state index contributed by atoms with van der Waals surface area (Å²) >= 11 is 0. The number of oxazole rings is 1. The number of anilines is 1. The molecule has 3 atom stereocenters. The molecule has 45 heavy (non-hydrogen) atoms. The van der Waals surface area contributed by atoms with Crippen LogP contribution in [0.4, 0.5) is 5.69 Å². The molecule has 3 N–H and O–H groups in total. The fraction of sp³-hybridized carbons (Fsp3) is 0.471. The highest BCUT2D eigenvalue weighted by Gasteiger charge is 2.41. The third-order valence-corrected chi connectivity index (χ3v) is 9.54. The van der Waals surface area contributed by atoms with Crippen molar-refractivity contribution in [2.75, 3.05) is 38.2 Å². The molecule has 0 radical (unpaired) electrons. The maximum atomic E-state index is 13.8. The van der Waals surface area contributed by atoms with Crippen molar-refractivity contribution >= 4 is 34.5 Å². The van der Waals surface area contributed by atoms with Crippen LogP contribution in [-0.2, 0) is 32.6 Å². The molecule has 2 fully saturated rings. The number of carbonyl (C=O) groups is 3. The van der Waals surface area contributed by atoms with Gasteiger partial charge in [0.15, 0.2) is 5.58 Å². The lowest BCUT2D eigenvalue weighted by atomic mass is 9.75. The van der Waals surface area contributed by atoms with Crippen molar-refractivity contribution in [3.8, 4) is 0 Å². The molecular formula is C34H41N5O6. The van der Waals surface area contributed by atoms with Crippen molar-refractivity contribution < 1.29 is 23.5 Å². The van der Waals surface area contributed by atoms with E-state index in [4.69, 9.17) is 9.15 Å². The van der Waals surface area contributed by atoms with E-state index in [9.17, 15) is 19.2 Å². The number of aromatic nitrogens is 1. The maximum absolute atomic E-state index is 13.8. The van der Waals surface area contributed by atoms with Gasteiger partial charge in [-0.3, -0.25) is 23.9 Å². The third kappa shape index (κ3) is 7.04. The van der Waals surface area contributed by atoms with Gasteiger partial charge in [-0.25, -0.2) is 4.79 Å². The van der Waals surface area contributed by atoms with Crippen LogP contribution >= 0.6 is 0 Å². The lowest BCUT2D eigenvalue weighted by Gasteiger charge is -2.40. The number of rotatable bonds is 5. The molecule has 2 saturated heterocycles. The number of ether oxygens (including phenoxy) is 1. The van der Waals surface area contributed by atoms with Crippen LogP contribution in [0.2, 0.25) is 0 Å². The number of likely N-dealkylation sites (tertiary alicyclic amines) is 1. The number of nitrogens with zero attached hydrogens (tertiary/aromatic N) is 2. The summed E-state index contributed by atoms with van der Waals surface area (Å²) in [6.07, 6.45) is 7.88. The molecule has 11 nitrogen and oxygen atoms in total. The first kappa shape index (κ1) is 30.8. The molecule has 4 heterocycles. The molecule has 3 aliphatic heterocycles. The Morgan fingerprint density at radius 2 is 1.84 bits per heavy atom. The second kappa shape index (κ2) is 13.4. The summed E-state index contributed by atoms with van der Waals surface area (Å²) in [5.41, 5.74) is 2.01. The molecule has 0 saturated carbocycles. The first-order chi connectivity index (χ1) is 21.8. The fourth-order valence-electron chi connectivity index (χ4n) is 6.81. The number of hydrogen-bond donors (Lipinski definition) is 3. The second-order valence-corrected chi connectivity index (χ2v) is 12.6. The van der Waals surface area contributed by atoms with E-state index in [1.807, 2.05) is 30.3 Å². The minimum Gasteiger partial charge on any atom is -0.408 e. The number of allylic oxidation sites excluding steroid dienone is 2. The number of carbonyl (C=O) groups excluding carboxylic acids is 3. The Kier molecular flexibility index (Phi) is 9.18. The lowest BCUT2D eigenvalue weighted by Crippen LogP contribution is -2.58. The van der Waals surface area contributed by atoms with E-state index in [0.29, 0.717) is 75.2 Å². The summed E-state index contributed by atoms with van der Waals surface area (Å²) in [7, 11) is 1.64. The van der Waals surface area contributed by atoms with Gasteiger partial charge < -0.3 is 25.1 Å². The van der Waals surface area contributed by atoms with Crippen LogP contribution in [0.25, 0.3) is 11.1 Å². The van der Waals surface area contributed by atoms with Gasteiger partial charge in [-0.1, -0.05) is 42.5 Å². The number of hydrogen-bond acceptors (Lipinski definition) is 7. The zero-order chi connectivity index (χ0) is 31.4. The summed E-state index contributed by atoms with van der Waals surface area (Å²) in [5, 5.41) is 9.34. The largest absolute Gasteiger partial charge is 0.419 e. The van der Waals surface area contributed by atoms with Crippen LogP contribution in [-0.4, -0.2) is 72.1 Å². The smallest absolute Gasteiger partial charge is 0.408 e. The summed E-state index contributed by atoms with van der Waals surface area (Å²) in [6, 6.07) is 14.1. The Morgan fingerprint density at radius 1 is 1.04 bits per heavy atom. The number of piperidine rings is 1. The SMILES string of the molecule is Cn1c(=O)oc2cc(NC(=O)CN3CC[C@H]4NC(=O)[C@H](Cc5ccccc5)NC(=O)C5(C/C=C/C[C@H]4C3)CCOCC5)ccc21. The number of amides is 3. The van der Waals surface area contributed by atoms with E-state index in [1.54, 1.807) is 25.2 Å². The average molecular weight is 616 g/mol. The zero-order valence-corrected chi connectivity index (χ0v) is 25.6. The van der Waals surface area contributed by atoms with Gasteiger partial charge in [0.25, 0.3) is 0 Å². The Morgan fingerprint density at radius 3 is 2.64 bits per heavy atom. The molecule has 0 bridgehead atoms. The summed E-state index contributed by atoms with van der Waals surface area (Å²) in [5.74, 6) is -0.780. The number of benzene rings is 2. The molecule has 11 heteroatoms. The highest BCUT2D eigenvalue weighted by atomic mass is 16.5. The predicted molar refractivity (Wildman–Crippen MR) is 169 cm³/mol. The normalized spacial score (nSPS) is 25.0. The number of nitrogens with one attached hydrogen (secondary N) is 3. The van der Waals surface area contributed by atoms with Gasteiger partial charge in [0, 0.05) is 57.6 Å². The van der Waals surface area contributed by atoms with Crippen molar-refractivity contribution in [1.82, 2.24) is 20.1 Å². The van der Waals surface area contributed by atoms with E-state index in [2.05, 4.69) is 33.0 Å². The Balaban J connectivity index is 1.16. The highest BCUT2D eigenvalue weighted by molar-refractivity contribution is 5.94. The van der Waals surface area contributed by atoms with Crippen LogP contribution < -0.4 is 21.7 Å². The van der Waals surface area contributed by atoms with Gasteiger partial charge in [0.1, 0.15) is 6.04 Å². The molecule has 3 aromatic rings. The van der Waals surface area contributed by atoms with Gasteiger partial charge >= 0.3 is 5.76 Å². The summed E-state index contributed by atoms with van der Waals surface area (Å²) < 4.78 is 12.3. The van der Waals surface area contributed by atoms with Crippen LogP contribution in [0.5, 0.6) is 0 Å². The zero-order valence-electron chi connectivity index (χ0n) is 25.6. The molecule has 1 spiro atoms. The monoisotopic (exact) mass is 615 g/mol. The molecule has 0 aliphatic carbocycles. The van der Waals surface area contributed by atoms with Crippen molar-refractivity contribution in [3.05, 3.63) is 76.8 Å². The molecule has 6 rings (SSSR count). The minimum absolute atomic E-state index is 0.0851. The Hall–Kier alpha value is -4.22. The lowest BCUT2D eigenvalue weighted by molar-refractivity contribution is -0.140. The van der Waals surface area contributed by atoms with E-state index >= 15 is 0 Å². The summed E-state index contributed by atoms with van der Waals surface area (Å²) in [4.78, 5) is 54.6. The quantitative estimate of drug-likeness (QED) is 0.376. The van der Waals surface area contributed by atoms with E-state index in [-0.39, 0.29) is 36.2 Å². The summed E-state index contributed by atoms with van der Waals surface area (Å²) in [6.45, 7) is 2.53. The molecule has 3 aliphatic rings. The standard InChI is InChI=1S/C34H41N5O6/c1-38-28-11-10-25(20-29(28)45-33(38)43)35-30(40)22-39-16-12-26-24(21-39)9-5-6-13-34(14-17-44-18-15-34)32(42)37-27(31(41)36-26)19-23-7-3-2-4-8-23/h2-8,10-11,20,24,26-27H,9,12-19,21-22H2,1H3,(H,35,40)(H,36,41)(H,37,42)/b6-5+/t24-,26+,27-/m0/s1. The van der Waals surface area contributed by atoms with Crippen LogP contribution in [0, 0.1) is 11.3 Å². The Bertz CT molecular complexity index is 1620. The van der Waals surface area contributed by atoms with Gasteiger partial charge in [-0.05, 0) is 55.7 Å². The van der Waals surface area contributed by atoms with Crippen LogP contribution in [0.1, 0.15) is 37.7 Å². The van der Waals surface area contributed by atoms with Gasteiger partial charge in [-0.15, -0.1) is 0 Å². The highest BCUT2D eigenvalue weighted by Crippen LogP contribution is 2.36. The topological polar surface area (TPSA) is 135 Å². The second-order valence-electron chi connectivity index (χ2n) is 12.6. The average Bonchev–Trinajstić information content (AvgIpc) is 3.32. The predicted octanol–water partition coefficient (Wildman–Crippen LogP) is 2.75. The molecule has 3 amide bonds. The van der Waals surface area contributed by atoms with Crippen molar-refractivity contribution in [3.63, 3.8) is 0 Å². The number of fused-ring (bicyclic) bond motifs is 2. The van der Waals surface area contributed by atoms with Crippen molar-refractivity contribution in [2.24, 2.45) is 18.4 Å². The maximum Gasteiger partial charge on any atom is 0.419 e. The minimum atomic E-state index is -0.695. The van der Waals surface area contributed by atoms with E-state index in [0.717, 1.165) is 12.0 Å². The van der Waals surface area contributed by atoms with E-state index in [1.165, 1.54) is 4.57 Å². The van der Waals surface area contributed by atoms with Crippen LogP contribution in [0.3, 0.4) is 0 Å². The molecule has 238 valence electrons. The van der Waals surface area contributed by atoms with Crippen molar-refractivity contribution in [2.45, 2.75) is 50.6 Å². The fourth-order valence-corrected chi connectivity index (χ4v) is 6.81. The van der Waals surface area contributed by atoms with E-state index < -0.39 is 17.2 Å². The van der Waals surface area contributed by atoms with Gasteiger partial charge in [-0.2, -0.15) is 0 Å². The molecule has 2 aromatic carbocycles. The molecule has 1 aromatic heterocycles. The first-order valence-corrected chi connectivity index (χ1v) is 15.8. The third-order valence-electron chi connectivity index (χ3n) is 9.54. The molecule has 0 unspecified atom stereocenters. The van der Waals surface area contributed by atoms with Gasteiger partial charge in [0.2, 0.25) is 17.7 Å². The number of aryl methyl sites for hydroxylation is 1.